The second-order valence-corrected chi connectivity index (χ2v) is 8.49. The number of amides is 1. The molecule has 1 amide bonds. The van der Waals surface area contributed by atoms with Crippen molar-refractivity contribution in [2.45, 2.75) is 95.3 Å². The molecule has 0 saturated carbocycles. The van der Waals surface area contributed by atoms with Crippen LogP contribution in [-0.2, 0) is 23.8 Å². The summed E-state index contributed by atoms with van der Waals surface area (Å²) in [5.41, 5.74) is 0.361. The second kappa shape index (κ2) is 13.7. The number of nitrogens with one attached hydrogen (secondary N) is 2. The van der Waals surface area contributed by atoms with Crippen molar-refractivity contribution in [2.75, 3.05) is 19.8 Å². The van der Waals surface area contributed by atoms with Gasteiger partial charge in [0.15, 0.2) is 0 Å². The largest absolute Gasteiger partial charge is 0.463 e. The fraction of sp³-hybridized carbons (Fsp3) is 0.818. The van der Waals surface area contributed by atoms with Crippen molar-refractivity contribution in [3.05, 3.63) is 11.6 Å². The number of hydrogen-bond acceptors (Lipinski definition) is 10. The Balaban J connectivity index is 0.00000578. The Kier molecular flexibility index (Phi) is 12.4. The number of rotatable bonds is 11. The number of halogens is 1. The van der Waals surface area contributed by atoms with Crippen LogP contribution in [0.25, 0.3) is 0 Å². The van der Waals surface area contributed by atoms with Crippen LogP contribution < -0.4 is 10.6 Å². The number of aliphatic hydroxyl groups is 4. The van der Waals surface area contributed by atoms with Crippen molar-refractivity contribution in [3.8, 4) is 0 Å². The van der Waals surface area contributed by atoms with E-state index in [0.29, 0.717) is 5.57 Å². The van der Waals surface area contributed by atoms with Crippen LogP contribution in [0.15, 0.2) is 11.6 Å². The maximum absolute atomic E-state index is 12.5. The highest BCUT2D eigenvalue weighted by atomic mass is 35.5. The fourth-order valence-electron chi connectivity index (χ4n) is 4.22. The molecule has 0 radical (unpaired) electrons. The van der Waals surface area contributed by atoms with Gasteiger partial charge in [0, 0.05) is 18.5 Å². The van der Waals surface area contributed by atoms with Crippen LogP contribution in [0.1, 0.15) is 47.0 Å². The summed E-state index contributed by atoms with van der Waals surface area (Å²) in [6, 6.07) is -1.19. The van der Waals surface area contributed by atoms with E-state index >= 15 is 0 Å². The van der Waals surface area contributed by atoms with Crippen LogP contribution in [0.4, 0.5) is 0 Å². The van der Waals surface area contributed by atoms with E-state index in [4.69, 9.17) is 14.2 Å². The summed E-state index contributed by atoms with van der Waals surface area (Å²) in [5, 5.41) is 46.2. The topological polar surface area (TPSA) is 167 Å². The highest BCUT2D eigenvalue weighted by molar-refractivity contribution is 5.89. The molecule has 1 aliphatic heterocycles. The first-order valence-electron chi connectivity index (χ1n) is 11.5. The van der Waals surface area contributed by atoms with Gasteiger partial charge in [-0.15, -0.1) is 12.4 Å². The lowest BCUT2D eigenvalue weighted by Crippen LogP contribution is -2.61. The molecule has 0 spiro atoms. The maximum atomic E-state index is 12.5. The maximum Gasteiger partial charge on any atom is 0.333 e. The zero-order valence-corrected chi connectivity index (χ0v) is 20.9. The van der Waals surface area contributed by atoms with Gasteiger partial charge in [0.2, 0.25) is 11.7 Å². The standard InChI is InChI=1S/C22H38N2O9.ClH/c1-5-14(6-2)32-16-9-13(21(29)31-7-3)8-15(18(16)24-12(4)26)23-11-22(30)20(28)19(27)17(10-25)33-22;/h9,14-20,23,25,27-28,30H,5-8,10-11H2,1-4H3,(H,24,26);1H/t15-,16+,17+,18+,19+,20-,22?;/m0./s1. The molecule has 1 saturated heterocycles. The van der Waals surface area contributed by atoms with Gasteiger partial charge in [0.05, 0.1) is 38.0 Å². The Labute approximate surface area is 206 Å². The molecule has 2 aliphatic rings. The van der Waals surface area contributed by atoms with Crippen molar-refractivity contribution in [1.82, 2.24) is 10.6 Å². The summed E-state index contributed by atoms with van der Waals surface area (Å²) in [4.78, 5) is 24.5. The minimum absolute atomic E-state index is 0. The van der Waals surface area contributed by atoms with Crippen LogP contribution in [0.5, 0.6) is 0 Å². The molecule has 2 rings (SSSR count). The smallest absolute Gasteiger partial charge is 0.333 e. The van der Waals surface area contributed by atoms with Crippen LogP contribution in [0, 0.1) is 0 Å². The zero-order valence-electron chi connectivity index (χ0n) is 20.1. The van der Waals surface area contributed by atoms with E-state index < -0.39 is 54.9 Å². The number of esters is 1. The molecule has 7 atom stereocenters. The van der Waals surface area contributed by atoms with Gasteiger partial charge < -0.3 is 45.3 Å². The predicted molar refractivity (Wildman–Crippen MR) is 124 cm³/mol. The minimum Gasteiger partial charge on any atom is -0.463 e. The van der Waals surface area contributed by atoms with Crippen LogP contribution in [0.3, 0.4) is 0 Å². The Morgan fingerprint density at radius 3 is 2.41 bits per heavy atom. The number of aliphatic hydroxyl groups excluding tert-OH is 3. The van der Waals surface area contributed by atoms with Crippen molar-refractivity contribution in [3.63, 3.8) is 0 Å². The Hall–Kier alpha value is -1.31. The molecule has 0 bridgehead atoms. The lowest BCUT2D eigenvalue weighted by molar-refractivity contribution is -0.227. The Bertz CT molecular complexity index is 706. The molecule has 11 nitrogen and oxygen atoms in total. The van der Waals surface area contributed by atoms with Gasteiger partial charge in [0.1, 0.15) is 18.3 Å². The predicted octanol–water partition coefficient (Wildman–Crippen LogP) is -0.860. The molecule has 6 N–H and O–H groups in total. The van der Waals surface area contributed by atoms with Crippen LogP contribution in [-0.4, -0.2) is 100 Å². The molecule has 1 fully saturated rings. The second-order valence-electron chi connectivity index (χ2n) is 8.49. The van der Waals surface area contributed by atoms with Crippen LogP contribution >= 0.6 is 12.4 Å². The Morgan fingerprint density at radius 2 is 1.91 bits per heavy atom. The van der Waals surface area contributed by atoms with Gasteiger partial charge in [0.25, 0.3) is 0 Å². The van der Waals surface area contributed by atoms with E-state index in [1.807, 2.05) is 13.8 Å². The van der Waals surface area contributed by atoms with Crippen LogP contribution in [0.2, 0.25) is 0 Å². The van der Waals surface area contributed by atoms with E-state index in [2.05, 4.69) is 10.6 Å². The van der Waals surface area contributed by atoms with Gasteiger partial charge in [-0.1, -0.05) is 13.8 Å². The molecule has 34 heavy (non-hydrogen) atoms. The highest BCUT2D eigenvalue weighted by Gasteiger charge is 2.53. The third-order valence-electron chi connectivity index (χ3n) is 6.08. The molecule has 0 aromatic carbocycles. The van der Waals surface area contributed by atoms with E-state index in [0.717, 1.165) is 12.8 Å². The molecular formula is C22H39ClN2O9. The SMILES string of the molecule is CCOC(=O)C1=C[C@@H](OC(CC)CC)[C@H](NC(C)=O)[C@@H](NCC2(O)O[C@H](CO)[C@@H](O)[C@@H]2O)C1.Cl. The number of ether oxygens (including phenoxy) is 3. The molecular weight excluding hydrogens is 472 g/mol. The molecule has 1 heterocycles. The van der Waals surface area contributed by atoms with E-state index in [1.54, 1.807) is 13.0 Å². The summed E-state index contributed by atoms with van der Waals surface area (Å²) in [5.74, 6) is -2.98. The quantitative estimate of drug-likeness (QED) is 0.192. The third-order valence-corrected chi connectivity index (χ3v) is 6.08. The summed E-state index contributed by atoms with van der Waals surface area (Å²) in [6.45, 7) is 6.31. The van der Waals surface area contributed by atoms with Gasteiger partial charge in [-0.05, 0) is 32.3 Å². The molecule has 1 unspecified atom stereocenters. The normalized spacial score (nSPS) is 33.3. The van der Waals surface area contributed by atoms with Crippen molar-refractivity contribution in [2.24, 2.45) is 0 Å². The number of carbonyl (C=O) groups excluding carboxylic acids is 2. The van der Waals surface area contributed by atoms with Crippen molar-refractivity contribution in [1.29, 1.82) is 0 Å². The monoisotopic (exact) mass is 510 g/mol. The Morgan fingerprint density at radius 1 is 1.26 bits per heavy atom. The van der Waals surface area contributed by atoms with Crippen molar-refractivity contribution >= 4 is 24.3 Å². The zero-order chi connectivity index (χ0) is 24.8. The number of carbonyl (C=O) groups is 2. The molecule has 0 aromatic heterocycles. The molecule has 198 valence electrons. The van der Waals surface area contributed by atoms with Gasteiger partial charge in [-0.3, -0.25) is 4.79 Å². The lowest BCUT2D eigenvalue weighted by Gasteiger charge is -2.40. The van der Waals surface area contributed by atoms with Gasteiger partial charge in [-0.2, -0.15) is 0 Å². The van der Waals surface area contributed by atoms with Gasteiger partial charge in [-0.25, -0.2) is 4.79 Å². The average molecular weight is 511 g/mol. The third kappa shape index (κ3) is 7.34. The summed E-state index contributed by atoms with van der Waals surface area (Å²) < 4.78 is 16.7. The summed E-state index contributed by atoms with van der Waals surface area (Å²) >= 11 is 0. The van der Waals surface area contributed by atoms with E-state index in [9.17, 15) is 30.0 Å². The number of hydrogen-bond donors (Lipinski definition) is 6. The fourth-order valence-corrected chi connectivity index (χ4v) is 4.22. The minimum atomic E-state index is -2.18. The first-order valence-corrected chi connectivity index (χ1v) is 11.5. The molecule has 12 heteroatoms. The first-order chi connectivity index (χ1) is 15.6. The lowest BCUT2D eigenvalue weighted by atomic mass is 9.87. The molecule has 1 aliphatic carbocycles. The van der Waals surface area contributed by atoms with Crippen molar-refractivity contribution < 1.29 is 44.2 Å². The van der Waals surface area contributed by atoms with Gasteiger partial charge >= 0.3 is 5.97 Å². The van der Waals surface area contributed by atoms with E-state index in [1.165, 1.54) is 6.92 Å². The van der Waals surface area contributed by atoms with E-state index in [-0.39, 0.29) is 44.0 Å². The highest BCUT2D eigenvalue weighted by Crippen LogP contribution is 2.30. The summed E-state index contributed by atoms with van der Waals surface area (Å²) in [7, 11) is 0. The average Bonchev–Trinajstić information content (AvgIpc) is 3.00. The molecule has 0 aromatic rings. The summed E-state index contributed by atoms with van der Waals surface area (Å²) in [6.07, 6.45) is -1.74. The first kappa shape index (κ1) is 30.7.